The summed E-state index contributed by atoms with van der Waals surface area (Å²) in [6, 6.07) is 5.78. The molecule has 9 amide bonds. The van der Waals surface area contributed by atoms with Crippen LogP contribution in [-0.4, -0.2) is 148 Å². The minimum Gasteiger partial charge on any atom is -0.394 e. The molecule has 0 bridgehead atoms. The number of aliphatic imine (C=N–C) groups is 1. The Labute approximate surface area is 328 Å². The number of carbonyl (C=O) groups is 8. The van der Waals surface area contributed by atoms with Crippen LogP contribution in [0.5, 0.6) is 0 Å². The Morgan fingerprint density at radius 1 is 0.860 bits per heavy atom. The summed E-state index contributed by atoms with van der Waals surface area (Å²) in [6.07, 6.45) is -0.310. The van der Waals surface area contributed by atoms with Crippen LogP contribution >= 0.6 is 0 Å². The lowest BCUT2D eigenvalue weighted by atomic mass is 10.0. The number of ether oxygens (including phenoxy) is 1. The van der Waals surface area contributed by atoms with Gasteiger partial charge >= 0.3 is 6.03 Å². The summed E-state index contributed by atoms with van der Waals surface area (Å²) in [5, 5.41) is 42.3. The highest BCUT2D eigenvalue weighted by atomic mass is 16.6. The van der Waals surface area contributed by atoms with Crippen molar-refractivity contribution in [2.45, 2.75) is 94.9 Å². The second-order valence-electron chi connectivity index (χ2n) is 13.7. The molecular weight excluding hydrogens is 748 g/mol. The van der Waals surface area contributed by atoms with Gasteiger partial charge < -0.3 is 46.6 Å². The van der Waals surface area contributed by atoms with Crippen LogP contribution in [0.15, 0.2) is 47.5 Å². The molecule has 0 aliphatic carbocycles. The first-order valence-corrected chi connectivity index (χ1v) is 18.8. The number of unbranched alkanes of at least 4 members (excludes halogenated alkanes) is 2. The van der Waals surface area contributed by atoms with Crippen LogP contribution in [0.4, 0.5) is 4.79 Å². The predicted octanol–water partition coefficient (Wildman–Crippen LogP) is -2.50. The van der Waals surface area contributed by atoms with Gasteiger partial charge in [0.25, 0.3) is 11.8 Å². The molecular formula is C37H50N8O12. The van der Waals surface area contributed by atoms with Gasteiger partial charge in [0.15, 0.2) is 6.23 Å². The van der Waals surface area contributed by atoms with Gasteiger partial charge in [0.05, 0.1) is 19.7 Å². The number of hydrogen-bond acceptors (Lipinski definition) is 12. The molecule has 0 aromatic heterocycles. The van der Waals surface area contributed by atoms with E-state index in [9.17, 15) is 53.7 Å². The van der Waals surface area contributed by atoms with Crippen molar-refractivity contribution < 1.29 is 58.4 Å². The van der Waals surface area contributed by atoms with E-state index < -0.39 is 91.9 Å². The van der Waals surface area contributed by atoms with Crippen LogP contribution in [0.25, 0.3) is 0 Å². The minimum atomic E-state index is -1.47. The molecule has 310 valence electrons. The number of imide groups is 1. The summed E-state index contributed by atoms with van der Waals surface area (Å²) >= 11 is 0. The van der Waals surface area contributed by atoms with Crippen LogP contribution in [0.2, 0.25) is 0 Å². The number of amides is 9. The molecule has 0 spiro atoms. The number of aliphatic hydroxyl groups excluding tert-OH is 3. The second kappa shape index (κ2) is 21.7. The Morgan fingerprint density at radius 3 is 2.21 bits per heavy atom. The molecule has 1 unspecified atom stereocenters. The molecule has 3 aliphatic heterocycles. The van der Waals surface area contributed by atoms with Gasteiger partial charge in [0.2, 0.25) is 29.5 Å². The van der Waals surface area contributed by atoms with Gasteiger partial charge in [-0.05, 0) is 24.8 Å². The molecule has 3 heterocycles. The number of carbonyl (C=O) groups excluding carboxylic acids is 8. The summed E-state index contributed by atoms with van der Waals surface area (Å²) in [5.41, 5.74) is 0.717. The van der Waals surface area contributed by atoms with Crippen molar-refractivity contribution in [2.75, 3.05) is 32.8 Å². The third-order valence-electron chi connectivity index (χ3n) is 9.37. The van der Waals surface area contributed by atoms with Gasteiger partial charge in [0.1, 0.15) is 36.2 Å². The van der Waals surface area contributed by atoms with Crippen molar-refractivity contribution in [3.8, 4) is 0 Å². The Hall–Kier alpha value is -5.57. The maximum absolute atomic E-state index is 13.6. The molecule has 20 nitrogen and oxygen atoms in total. The minimum absolute atomic E-state index is 0.000284. The van der Waals surface area contributed by atoms with E-state index in [-0.39, 0.29) is 56.4 Å². The fourth-order valence-electron chi connectivity index (χ4n) is 6.30. The standard InChI is InChI=1S/C37H50N8O12/c1-2-9-23(34(54)39-20-29(49)42-26-15-17-45(37(56)43-26)36-33(53)32(52)25(21-46)57-36)41-35(55)24(18-22-10-5-3-6-11-22)40-28(48)19-38-27(47)12-7-4-8-16-44-30(50)13-14-31(44)51/h3,5-6,10-11,13-14,23-25,32-33,36,46,52-53H,2,4,7-9,12,15-21H2,1H3,(H,38,47)(H,39,54)(H,40,48)(H,41,55)(H,42,43,49,56)/t23-,24-,25+,32-,33?,36+/m0/s1. The Bertz CT molecular complexity index is 1690. The van der Waals surface area contributed by atoms with Crippen molar-refractivity contribution in [1.82, 2.24) is 36.4 Å². The zero-order chi connectivity index (χ0) is 41.5. The van der Waals surface area contributed by atoms with Crippen molar-refractivity contribution >= 4 is 53.2 Å². The first-order valence-electron chi connectivity index (χ1n) is 18.8. The Balaban J connectivity index is 1.24. The van der Waals surface area contributed by atoms with Crippen molar-refractivity contribution in [2.24, 2.45) is 4.99 Å². The maximum Gasteiger partial charge on any atom is 0.347 e. The van der Waals surface area contributed by atoms with Gasteiger partial charge in [-0.2, -0.15) is 4.99 Å². The highest BCUT2D eigenvalue weighted by Crippen LogP contribution is 2.26. The summed E-state index contributed by atoms with van der Waals surface area (Å²) in [6.45, 7) is 0.510. The van der Waals surface area contributed by atoms with E-state index in [1.165, 1.54) is 12.2 Å². The number of rotatable bonds is 20. The van der Waals surface area contributed by atoms with E-state index in [0.29, 0.717) is 25.7 Å². The van der Waals surface area contributed by atoms with Gasteiger partial charge in [0, 0.05) is 44.5 Å². The molecule has 1 aromatic rings. The van der Waals surface area contributed by atoms with Gasteiger partial charge in [-0.15, -0.1) is 0 Å². The van der Waals surface area contributed by atoms with Crippen molar-refractivity contribution in [1.29, 1.82) is 0 Å². The number of hydrogen-bond donors (Lipinski definition) is 8. The lowest BCUT2D eigenvalue weighted by molar-refractivity contribution is -0.137. The molecule has 3 aliphatic rings. The van der Waals surface area contributed by atoms with E-state index in [2.05, 4.69) is 31.6 Å². The normalized spacial score (nSPS) is 21.5. The molecule has 0 saturated carbocycles. The number of aliphatic hydroxyl groups is 3. The van der Waals surface area contributed by atoms with Crippen LogP contribution < -0.4 is 26.6 Å². The lowest BCUT2D eigenvalue weighted by Gasteiger charge is -2.31. The maximum atomic E-state index is 13.6. The molecule has 6 atom stereocenters. The van der Waals surface area contributed by atoms with Crippen LogP contribution in [0.3, 0.4) is 0 Å². The summed E-state index contributed by atoms with van der Waals surface area (Å²) < 4.78 is 5.38. The monoisotopic (exact) mass is 798 g/mol. The topological polar surface area (TPSA) is 285 Å². The molecule has 1 fully saturated rings. The first kappa shape index (κ1) is 44.1. The lowest BCUT2D eigenvalue weighted by Crippen LogP contribution is -2.56. The SMILES string of the molecule is CCC[C@H](NC(=O)[C@H](Cc1ccccc1)NC(=O)CNC(=O)CCCCCN1C(=O)C=CC1=O)C(=O)NCC(=O)NC1=NC(=O)N([C@@H]2O[C@H](CO)[C@H](O)C2O)CC1. The number of nitrogens with one attached hydrogen (secondary N) is 5. The molecule has 20 heteroatoms. The highest BCUT2D eigenvalue weighted by Gasteiger charge is 2.47. The van der Waals surface area contributed by atoms with E-state index in [4.69, 9.17) is 4.74 Å². The van der Waals surface area contributed by atoms with Gasteiger partial charge in [-0.1, -0.05) is 50.1 Å². The van der Waals surface area contributed by atoms with Crippen LogP contribution in [0.1, 0.15) is 57.4 Å². The number of benzene rings is 1. The highest BCUT2D eigenvalue weighted by molar-refractivity contribution is 6.12. The number of urea groups is 1. The summed E-state index contributed by atoms with van der Waals surface area (Å²) in [5.74, 6) is -3.82. The molecule has 1 aromatic carbocycles. The predicted molar refractivity (Wildman–Crippen MR) is 199 cm³/mol. The largest absolute Gasteiger partial charge is 0.394 e. The molecule has 0 radical (unpaired) electrons. The third kappa shape index (κ3) is 13.0. The van der Waals surface area contributed by atoms with E-state index in [0.717, 1.165) is 15.4 Å². The van der Waals surface area contributed by atoms with Crippen LogP contribution in [-0.2, 0) is 44.7 Å². The molecule has 1 saturated heterocycles. The second-order valence-corrected chi connectivity index (χ2v) is 13.7. The van der Waals surface area contributed by atoms with Gasteiger partial charge in [-0.3, -0.25) is 43.4 Å². The fraction of sp³-hybridized carbons (Fsp3) is 0.541. The number of amidine groups is 1. The quantitative estimate of drug-likeness (QED) is 0.0502. The summed E-state index contributed by atoms with van der Waals surface area (Å²) in [7, 11) is 0. The Morgan fingerprint density at radius 2 is 1.56 bits per heavy atom. The first-order chi connectivity index (χ1) is 27.3. The summed E-state index contributed by atoms with van der Waals surface area (Å²) in [4.78, 5) is 107. The fourth-order valence-corrected chi connectivity index (χ4v) is 6.30. The Kier molecular flexibility index (Phi) is 16.8. The average molecular weight is 799 g/mol. The molecule has 57 heavy (non-hydrogen) atoms. The average Bonchev–Trinajstić information content (AvgIpc) is 3.67. The zero-order valence-electron chi connectivity index (χ0n) is 31.6. The number of nitrogens with zero attached hydrogens (tertiary/aromatic N) is 3. The van der Waals surface area contributed by atoms with E-state index in [1.807, 2.05) is 0 Å². The zero-order valence-corrected chi connectivity index (χ0v) is 31.6. The van der Waals surface area contributed by atoms with E-state index >= 15 is 0 Å². The van der Waals surface area contributed by atoms with Gasteiger partial charge in [-0.25, -0.2) is 4.79 Å². The smallest absolute Gasteiger partial charge is 0.347 e. The molecule has 4 rings (SSSR count). The van der Waals surface area contributed by atoms with Crippen molar-refractivity contribution in [3.63, 3.8) is 0 Å². The van der Waals surface area contributed by atoms with E-state index in [1.54, 1.807) is 37.3 Å². The van der Waals surface area contributed by atoms with Crippen LogP contribution in [0, 0.1) is 0 Å². The van der Waals surface area contributed by atoms with Crippen molar-refractivity contribution in [3.05, 3.63) is 48.0 Å². The third-order valence-corrected chi connectivity index (χ3v) is 9.37. The molecule has 8 N–H and O–H groups in total.